The lowest BCUT2D eigenvalue weighted by Gasteiger charge is -2.22. The van der Waals surface area contributed by atoms with E-state index >= 15 is 0 Å². The number of aryl methyl sites for hydroxylation is 3. The van der Waals surface area contributed by atoms with E-state index in [9.17, 15) is 5.11 Å². The Morgan fingerprint density at radius 3 is 2.00 bits per heavy atom. The summed E-state index contributed by atoms with van der Waals surface area (Å²) in [7, 11) is 0. The van der Waals surface area contributed by atoms with Crippen LogP contribution in [0.1, 0.15) is 41.6 Å². The third-order valence-corrected chi connectivity index (χ3v) is 2.90. The zero-order chi connectivity index (χ0) is 11.6. The molecule has 0 bridgehead atoms. The monoisotopic (exact) mass is 243 g/mol. The summed E-state index contributed by atoms with van der Waals surface area (Å²) in [4.78, 5) is 0. The van der Waals surface area contributed by atoms with Crippen molar-refractivity contribution in [2.24, 2.45) is 5.73 Å². The zero-order valence-electron chi connectivity index (χ0n) is 10.4. The first kappa shape index (κ1) is 15.4. The van der Waals surface area contributed by atoms with Crippen molar-refractivity contribution in [3.63, 3.8) is 0 Å². The van der Waals surface area contributed by atoms with Crippen molar-refractivity contribution in [2.75, 3.05) is 0 Å². The van der Waals surface area contributed by atoms with Crippen LogP contribution in [0.5, 0.6) is 0 Å². The Kier molecular flexibility index (Phi) is 6.01. The maximum Gasteiger partial charge on any atom is 0.0730 e. The van der Waals surface area contributed by atoms with E-state index < -0.39 is 6.10 Å². The van der Waals surface area contributed by atoms with Crippen molar-refractivity contribution in [3.8, 4) is 0 Å². The van der Waals surface area contributed by atoms with Crippen molar-refractivity contribution >= 4 is 12.4 Å². The first-order valence-electron chi connectivity index (χ1n) is 5.48. The minimum Gasteiger partial charge on any atom is -0.391 e. The van der Waals surface area contributed by atoms with Gasteiger partial charge in [-0.3, -0.25) is 0 Å². The SMILES string of the molecule is CC[C@@H](O)[C@@H](N)c1c(C)cc(C)cc1C.Cl. The molecule has 92 valence electrons. The van der Waals surface area contributed by atoms with E-state index in [-0.39, 0.29) is 18.4 Å². The van der Waals surface area contributed by atoms with Crippen molar-refractivity contribution in [2.45, 2.75) is 46.3 Å². The van der Waals surface area contributed by atoms with Gasteiger partial charge in [-0.1, -0.05) is 24.6 Å². The fourth-order valence-electron chi connectivity index (χ4n) is 2.16. The summed E-state index contributed by atoms with van der Waals surface area (Å²) in [5.41, 5.74) is 10.7. The number of nitrogens with two attached hydrogens (primary N) is 1. The van der Waals surface area contributed by atoms with Crippen LogP contribution < -0.4 is 5.73 Å². The summed E-state index contributed by atoms with van der Waals surface area (Å²) in [6.45, 7) is 8.13. The molecule has 1 rings (SSSR count). The molecule has 0 aromatic heterocycles. The molecule has 1 aromatic carbocycles. The minimum absolute atomic E-state index is 0. The van der Waals surface area contributed by atoms with E-state index in [1.54, 1.807) is 0 Å². The highest BCUT2D eigenvalue weighted by atomic mass is 35.5. The number of benzene rings is 1. The van der Waals surface area contributed by atoms with Gasteiger partial charge in [0.25, 0.3) is 0 Å². The Labute approximate surface area is 104 Å². The van der Waals surface area contributed by atoms with Crippen molar-refractivity contribution in [1.29, 1.82) is 0 Å². The van der Waals surface area contributed by atoms with Crippen LogP contribution in [0.2, 0.25) is 0 Å². The number of aliphatic hydroxyl groups is 1. The third kappa shape index (κ3) is 3.21. The predicted octanol–water partition coefficient (Wildman–Crippen LogP) is 2.80. The van der Waals surface area contributed by atoms with Gasteiger partial charge in [-0.2, -0.15) is 0 Å². The molecular formula is C13H22ClNO. The van der Waals surface area contributed by atoms with Crippen molar-refractivity contribution in [1.82, 2.24) is 0 Å². The second kappa shape index (κ2) is 6.24. The van der Waals surface area contributed by atoms with Crippen LogP contribution in [0, 0.1) is 20.8 Å². The molecule has 0 heterocycles. The second-order valence-corrected chi connectivity index (χ2v) is 4.31. The normalized spacial score (nSPS) is 14.1. The Morgan fingerprint density at radius 1 is 1.19 bits per heavy atom. The molecule has 0 fully saturated rings. The van der Waals surface area contributed by atoms with Gasteiger partial charge in [0.2, 0.25) is 0 Å². The van der Waals surface area contributed by atoms with Gasteiger partial charge in [0.15, 0.2) is 0 Å². The smallest absolute Gasteiger partial charge is 0.0730 e. The molecule has 0 radical (unpaired) electrons. The Hall–Kier alpha value is -0.570. The molecule has 16 heavy (non-hydrogen) atoms. The van der Waals surface area contributed by atoms with Crippen LogP contribution in [0.25, 0.3) is 0 Å². The highest BCUT2D eigenvalue weighted by Crippen LogP contribution is 2.25. The Morgan fingerprint density at radius 2 is 1.62 bits per heavy atom. The summed E-state index contributed by atoms with van der Waals surface area (Å²) in [6, 6.07) is 3.96. The van der Waals surface area contributed by atoms with E-state index in [0.29, 0.717) is 6.42 Å². The average Bonchev–Trinajstić information content (AvgIpc) is 2.14. The van der Waals surface area contributed by atoms with Crippen LogP contribution in [0.4, 0.5) is 0 Å². The largest absolute Gasteiger partial charge is 0.391 e. The van der Waals surface area contributed by atoms with Crippen LogP contribution in [0.3, 0.4) is 0 Å². The first-order chi connectivity index (χ1) is 6.97. The molecular weight excluding hydrogens is 222 g/mol. The summed E-state index contributed by atoms with van der Waals surface area (Å²) >= 11 is 0. The number of rotatable bonds is 3. The van der Waals surface area contributed by atoms with Gasteiger partial charge in [-0.25, -0.2) is 0 Å². The summed E-state index contributed by atoms with van der Waals surface area (Å²) in [6.07, 6.45) is 0.235. The van der Waals surface area contributed by atoms with Crippen LogP contribution in [0.15, 0.2) is 12.1 Å². The Bertz CT molecular complexity index is 329. The molecule has 0 spiro atoms. The van der Waals surface area contributed by atoms with Crippen molar-refractivity contribution < 1.29 is 5.11 Å². The standard InChI is InChI=1S/C13H21NO.ClH/c1-5-11(15)13(14)12-9(3)6-8(2)7-10(12)4;/h6-7,11,13,15H,5,14H2,1-4H3;1H/t11-,13-;/m1./s1. The highest BCUT2D eigenvalue weighted by molar-refractivity contribution is 5.85. The van der Waals surface area contributed by atoms with E-state index in [0.717, 1.165) is 5.56 Å². The first-order valence-corrected chi connectivity index (χ1v) is 5.48. The number of aliphatic hydroxyl groups excluding tert-OH is 1. The topological polar surface area (TPSA) is 46.2 Å². The molecule has 0 aliphatic heterocycles. The van der Waals surface area contributed by atoms with Crippen LogP contribution >= 0.6 is 12.4 Å². The number of hydrogen-bond donors (Lipinski definition) is 2. The van der Waals surface area contributed by atoms with Gasteiger partial charge in [0.1, 0.15) is 0 Å². The highest BCUT2D eigenvalue weighted by Gasteiger charge is 2.18. The molecule has 0 aliphatic rings. The van der Waals surface area contributed by atoms with Gasteiger partial charge in [-0.05, 0) is 43.9 Å². The molecule has 0 saturated carbocycles. The number of halogens is 1. The second-order valence-electron chi connectivity index (χ2n) is 4.31. The fourth-order valence-corrected chi connectivity index (χ4v) is 2.16. The predicted molar refractivity (Wildman–Crippen MR) is 71.1 cm³/mol. The number of hydrogen-bond acceptors (Lipinski definition) is 2. The molecule has 3 heteroatoms. The molecule has 1 aromatic rings. The molecule has 0 aliphatic carbocycles. The summed E-state index contributed by atoms with van der Waals surface area (Å²) in [5, 5.41) is 9.77. The van der Waals surface area contributed by atoms with Gasteiger partial charge >= 0.3 is 0 Å². The maximum atomic E-state index is 9.77. The van der Waals surface area contributed by atoms with E-state index in [2.05, 4.69) is 32.9 Å². The summed E-state index contributed by atoms with van der Waals surface area (Å²) < 4.78 is 0. The quantitative estimate of drug-likeness (QED) is 0.858. The minimum atomic E-state index is -0.454. The molecule has 2 nitrogen and oxygen atoms in total. The molecule has 0 unspecified atom stereocenters. The molecule has 0 amide bonds. The zero-order valence-corrected chi connectivity index (χ0v) is 11.3. The third-order valence-electron chi connectivity index (χ3n) is 2.90. The van der Waals surface area contributed by atoms with Gasteiger partial charge in [0.05, 0.1) is 12.1 Å². The average molecular weight is 244 g/mol. The Balaban J connectivity index is 0.00000225. The van der Waals surface area contributed by atoms with E-state index in [1.807, 2.05) is 6.92 Å². The fraction of sp³-hybridized carbons (Fsp3) is 0.538. The van der Waals surface area contributed by atoms with E-state index in [1.165, 1.54) is 16.7 Å². The molecule has 2 atom stereocenters. The maximum absolute atomic E-state index is 9.77. The van der Waals surface area contributed by atoms with Crippen molar-refractivity contribution in [3.05, 3.63) is 34.4 Å². The summed E-state index contributed by atoms with van der Waals surface area (Å²) in [5.74, 6) is 0. The lowest BCUT2D eigenvalue weighted by molar-refractivity contribution is 0.140. The van der Waals surface area contributed by atoms with Gasteiger partial charge in [0, 0.05) is 0 Å². The lowest BCUT2D eigenvalue weighted by Crippen LogP contribution is -2.27. The molecule has 0 saturated heterocycles. The lowest BCUT2D eigenvalue weighted by atomic mass is 9.91. The molecule has 3 N–H and O–H groups in total. The van der Waals surface area contributed by atoms with Gasteiger partial charge < -0.3 is 10.8 Å². The van der Waals surface area contributed by atoms with Gasteiger partial charge in [-0.15, -0.1) is 12.4 Å². The van der Waals surface area contributed by atoms with Crippen LogP contribution in [-0.2, 0) is 0 Å². The van der Waals surface area contributed by atoms with E-state index in [4.69, 9.17) is 5.73 Å². The van der Waals surface area contributed by atoms with Crippen LogP contribution in [-0.4, -0.2) is 11.2 Å².